The normalized spacial score (nSPS) is 24.3. The Bertz CT molecular complexity index is 1770. The fraction of sp³-hybridized carbons (Fsp3) is 0.406. The monoisotopic (exact) mass is 589 g/mol. The molecule has 3 unspecified atom stereocenters. The van der Waals surface area contributed by atoms with Crippen LogP contribution < -0.4 is 9.64 Å². The summed E-state index contributed by atoms with van der Waals surface area (Å²) in [6, 6.07) is 6.19. The van der Waals surface area contributed by atoms with E-state index in [0.29, 0.717) is 42.3 Å². The quantitative estimate of drug-likeness (QED) is 0.335. The van der Waals surface area contributed by atoms with E-state index >= 15 is 4.39 Å². The molecule has 0 spiro atoms. The molecule has 8 rings (SSSR count). The summed E-state index contributed by atoms with van der Waals surface area (Å²) in [5.74, 6) is 1.35. The van der Waals surface area contributed by atoms with Gasteiger partial charge in [0.05, 0.1) is 36.8 Å². The molecule has 4 aliphatic rings. The second kappa shape index (κ2) is 10.8. The number of benzene rings is 2. The van der Waals surface area contributed by atoms with Crippen molar-refractivity contribution in [2.45, 2.75) is 50.0 Å². The molecular weight excluding hydrogens is 559 g/mol. The summed E-state index contributed by atoms with van der Waals surface area (Å²) in [7, 11) is 1.41. The van der Waals surface area contributed by atoms with Gasteiger partial charge in [-0.2, -0.15) is 9.97 Å². The molecule has 8 nitrogen and oxygen atoms in total. The molecule has 43 heavy (non-hydrogen) atoms. The fourth-order valence-corrected chi connectivity index (χ4v) is 6.96. The second-order valence-electron chi connectivity index (χ2n) is 11.5. The highest BCUT2D eigenvalue weighted by atomic mass is 19.1. The first-order valence-corrected chi connectivity index (χ1v) is 14.4. The molecule has 0 aliphatic carbocycles. The number of phenolic OH excluding ortho intramolecular Hbond substituents is 1. The lowest BCUT2D eigenvalue weighted by Gasteiger charge is -2.28. The Balaban J connectivity index is 0.000000283. The molecule has 0 saturated carbocycles. The van der Waals surface area contributed by atoms with Crippen molar-refractivity contribution < 1.29 is 27.8 Å². The largest absolute Gasteiger partial charge is 0.508 e. The zero-order valence-electron chi connectivity index (χ0n) is 23.6. The van der Waals surface area contributed by atoms with Crippen LogP contribution in [0.1, 0.15) is 31.2 Å². The number of aromatic hydroxyl groups is 1. The predicted octanol–water partition coefficient (Wildman–Crippen LogP) is 4.99. The summed E-state index contributed by atoms with van der Waals surface area (Å²) in [5, 5.41) is 11.4. The highest BCUT2D eigenvalue weighted by molar-refractivity contribution is 6.03. The van der Waals surface area contributed by atoms with Gasteiger partial charge in [-0.25, -0.2) is 13.2 Å². The number of hydrogen-bond acceptors (Lipinski definition) is 8. The van der Waals surface area contributed by atoms with Crippen LogP contribution >= 0.6 is 0 Å². The highest BCUT2D eigenvalue weighted by Gasteiger charge is 2.41. The van der Waals surface area contributed by atoms with Crippen LogP contribution in [-0.4, -0.2) is 82.7 Å². The standard InChI is InChI=1S/C25H18F2N4O3.C7H12FN/c1-3-16-19(26)5-4-12-6-14(32)8-17(20(12)16)22-21(27)23-18(9-28-22)24(30-25(29-23)33-2)31-10-15-7-13(31)11-34-15;8-6-4-7-2-1-3-9(7)5-6/h1,4-6,8-9,13,15,32H,7,10-11H2,2H3;6-7H,1-5H2/t13?,15-;/m1./s1. The molecule has 6 heterocycles. The average Bonchev–Trinajstić information content (AvgIpc) is 3.80. The van der Waals surface area contributed by atoms with Crippen molar-refractivity contribution in [3.8, 4) is 35.4 Å². The SMILES string of the molecule is C#Cc1c(F)ccc2cc(O)cc(-c3ncc4c(N5C[C@H]6CC5CO6)nc(OC)nc4c3F)c12.FC1CC2CCCN2C1. The number of halogens is 3. The number of alkyl halides is 1. The minimum atomic E-state index is -0.751. The molecule has 222 valence electrons. The van der Waals surface area contributed by atoms with Gasteiger partial charge in [0.2, 0.25) is 0 Å². The fourth-order valence-electron chi connectivity index (χ4n) is 6.96. The zero-order chi connectivity index (χ0) is 29.8. The average molecular weight is 590 g/mol. The lowest BCUT2D eigenvalue weighted by Crippen LogP contribution is -2.37. The summed E-state index contributed by atoms with van der Waals surface area (Å²) in [4.78, 5) is 17.4. The molecule has 0 radical (unpaired) electrons. The molecular formula is C32H30F3N5O3. The van der Waals surface area contributed by atoms with Gasteiger partial charge in [-0.3, -0.25) is 9.88 Å². The number of rotatable bonds is 3. The van der Waals surface area contributed by atoms with E-state index < -0.39 is 17.8 Å². The minimum absolute atomic E-state index is 0.00527. The first kappa shape index (κ1) is 27.7. The van der Waals surface area contributed by atoms with E-state index in [0.717, 1.165) is 19.4 Å². The van der Waals surface area contributed by atoms with Crippen molar-refractivity contribution in [1.29, 1.82) is 0 Å². The number of hydrogen-bond donors (Lipinski definition) is 1. The number of terminal acetylenes is 1. The summed E-state index contributed by atoms with van der Waals surface area (Å²) in [6.07, 6.45) is 10.8. The van der Waals surface area contributed by atoms with E-state index in [-0.39, 0.29) is 51.6 Å². The Labute approximate surface area is 246 Å². The Morgan fingerprint density at radius 3 is 2.72 bits per heavy atom. The number of methoxy groups -OCH3 is 1. The number of anilines is 1. The van der Waals surface area contributed by atoms with Crippen molar-refractivity contribution in [3.63, 3.8) is 0 Å². The Hall–Kier alpha value is -4.14. The number of fused-ring (bicyclic) bond motifs is 5. The number of pyridine rings is 1. The van der Waals surface area contributed by atoms with Gasteiger partial charge in [0.1, 0.15) is 34.8 Å². The third kappa shape index (κ3) is 4.79. The van der Waals surface area contributed by atoms with Crippen LogP contribution in [-0.2, 0) is 4.74 Å². The van der Waals surface area contributed by atoms with Crippen LogP contribution in [0.5, 0.6) is 11.8 Å². The summed E-state index contributed by atoms with van der Waals surface area (Å²) in [6.45, 7) is 3.06. The summed E-state index contributed by atoms with van der Waals surface area (Å²) >= 11 is 0. The van der Waals surface area contributed by atoms with Gasteiger partial charge in [-0.1, -0.05) is 12.0 Å². The van der Waals surface area contributed by atoms with Crippen molar-refractivity contribution in [2.75, 3.05) is 38.3 Å². The summed E-state index contributed by atoms with van der Waals surface area (Å²) < 4.78 is 54.1. The topological polar surface area (TPSA) is 83.8 Å². The number of aromatic nitrogens is 3. The maximum atomic E-state index is 16.0. The van der Waals surface area contributed by atoms with Crippen LogP contribution in [0.3, 0.4) is 0 Å². The van der Waals surface area contributed by atoms with E-state index in [2.05, 4.69) is 30.7 Å². The first-order valence-electron chi connectivity index (χ1n) is 14.4. The number of phenols is 1. The Morgan fingerprint density at radius 2 is 2.00 bits per heavy atom. The van der Waals surface area contributed by atoms with Gasteiger partial charge in [0, 0.05) is 36.3 Å². The van der Waals surface area contributed by atoms with E-state index in [1.165, 1.54) is 50.4 Å². The van der Waals surface area contributed by atoms with Crippen molar-refractivity contribution in [1.82, 2.24) is 19.9 Å². The highest BCUT2D eigenvalue weighted by Crippen LogP contribution is 2.40. The van der Waals surface area contributed by atoms with E-state index in [9.17, 15) is 13.9 Å². The molecule has 11 heteroatoms. The van der Waals surface area contributed by atoms with E-state index in [1.807, 2.05) is 0 Å². The Morgan fingerprint density at radius 1 is 1.14 bits per heavy atom. The van der Waals surface area contributed by atoms with Gasteiger partial charge in [-0.05, 0) is 55.8 Å². The molecule has 4 aromatic rings. The molecule has 2 bridgehead atoms. The van der Waals surface area contributed by atoms with Gasteiger partial charge >= 0.3 is 6.01 Å². The molecule has 0 amide bonds. The van der Waals surface area contributed by atoms with Crippen LogP contribution in [0.25, 0.3) is 32.9 Å². The lowest BCUT2D eigenvalue weighted by atomic mass is 9.96. The van der Waals surface area contributed by atoms with Crippen molar-refractivity contribution in [2.24, 2.45) is 0 Å². The maximum Gasteiger partial charge on any atom is 0.318 e. The number of nitrogens with zero attached hydrogens (tertiary/aromatic N) is 5. The molecule has 4 aliphatic heterocycles. The third-order valence-electron chi connectivity index (χ3n) is 8.91. The smallest absolute Gasteiger partial charge is 0.318 e. The van der Waals surface area contributed by atoms with Crippen molar-refractivity contribution in [3.05, 3.63) is 47.7 Å². The molecule has 2 aromatic heterocycles. The predicted molar refractivity (Wildman–Crippen MR) is 156 cm³/mol. The van der Waals surface area contributed by atoms with E-state index in [4.69, 9.17) is 15.9 Å². The van der Waals surface area contributed by atoms with Crippen molar-refractivity contribution >= 4 is 27.5 Å². The lowest BCUT2D eigenvalue weighted by molar-refractivity contribution is 0.0989. The summed E-state index contributed by atoms with van der Waals surface area (Å²) in [5.41, 5.74) is 0.0108. The van der Waals surface area contributed by atoms with Crippen LogP contribution in [0.4, 0.5) is 19.0 Å². The molecule has 1 N–H and O–H groups in total. The third-order valence-corrected chi connectivity index (χ3v) is 8.91. The zero-order valence-corrected chi connectivity index (χ0v) is 23.6. The second-order valence-corrected chi connectivity index (χ2v) is 11.5. The van der Waals surface area contributed by atoms with Gasteiger partial charge in [-0.15, -0.1) is 6.42 Å². The number of morpholine rings is 1. The minimum Gasteiger partial charge on any atom is -0.508 e. The molecule has 2 aromatic carbocycles. The van der Waals surface area contributed by atoms with Gasteiger partial charge < -0.3 is 19.5 Å². The Kier molecular flexibility index (Phi) is 6.98. The number of ether oxygens (including phenoxy) is 2. The molecule has 4 fully saturated rings. The first-order chi connectivity index (χ1) is 20.8. The van der Waals surface area contributed by atoms with Crippen LogP contribution in [0.15, 0.2) is 30.5 Å². The van der Waals surface area contributed by atoms with Gasteiger partial charge in [0.25, 0.3) is 0 Å². The molecule has 4 atom stereocenters. The van der Waals surface area contributed by atoms with Gasteiger partial charge in [0.15, 0.2) is 5.82 Å². The van der Waals surface area contributed by atoms with E-state index in [1.54, 1.807) is 0 Å². The van der Waals surface area contributed by atoms with Crippen LogP contribution in [0, 0.1) is 24.0 Å². The van der Waals surface area contributed by atoms with Crippen LogP contribution in [0.2, 0.25) is 0 Å². The maximum absolute atomic E-state index is 16.0. The molecule has 4 saturated heterocycles.